The first kappa shape index (κ1) is 11.9. The molecule has 0 radical (unpaired) electrons. The van der Waals surface area contributed by atoms with Crippen molar-refractivity contribution in [3.8, 4) is 5.75 Å². The van der Waals surface area contributed by atoms with Gasteiger partial charge in [-0.05, 0) is 31.2 Å². The standard InChI is InChI=1S/C12H16N2O3/c1-12(7-13-8-12)17-6-11(16)14-9-2-4-10(15)5-3-9/h2-5,13,15H,6-8H2,1H3,(H,14,16). The quantitative estimate of drug-likeness (QED) is 0.673. The zero-order valence-corrected chi connectivity index (χ0v) is 9.69. The van der Waals surface area contributed by atoms with Crippen LogP contribution in [0, 0.1) is 0 Å². The average Bonchev–Trinajstić information content (AvgIpc) is 2.27. The highest BCUT2D eigenvalue weighted by Gasteiger charge is 2.32. The molecular formula is C12H16N2O3. The van der Waals surface area contributed by atoms with Gasteiger partial charge in [-0.15, -0.1) is 0 Å². The van der Waals surface area contributed by atoms with E-state index in [9.17, 15) is 4.79 Å². The van der Waals surface area contributed by atoms with Crippen LogP contribution in [-0.4, -0.2) is 36.3 Å². The van der Waals surface area contributed by atoms with Crippen LogP contribution >= 0.6 is 0 Å². The Bertz CT molecular complexity index is 399. The number of carbonyl (C=O) groups is 1. The lowest BCUT2D eigenvalue weighted by atomic mass is 10.0. The summed E-state index contributed by atoms with van der Waals surface area (Å²) in [6, 6.07) is 6.32. The average molecular weight is 236 g/mol. The van der Waals surface area contributed by atoms with Crippen molar-refractivity contribution < 1.29 is 14.6 Å². The summed E-state index contributed by atoms with van der Waals surface area (Å²) in [5, 5.41) is 14.9. The highest BCUT2D eigenvalue weighted by atomic mass is 16.5. The SMILES string of the molecule is CC1(OCC(=O)Nc2ccc(O)cc2)CNC1. The first-order valence-corrected chi connectivity index (χ1v) is 5.51. The molecule has 0 aromatic heterocycles. The number of ether oxygens (including phenoxy) is 1. The summed E-state index contributed by atoms with van der Waals surface area (Å²) in [6.07, 6.45) is 0. The van der Waals surface area contributed by atoms with Crippen molar-refractivity contribution in [3.05, 3.63) is 24.3 Å². The lowest BCUT2D eigenvalue weighted by molar-refractivity contribution is -0.130. The minimum Gasteiger partial charge on any atom is -0.508 e. The number of rotatable bonds is 4. The van der Waals surface area contributed by atoms with Crippen LogP contribution in [0.2, 0.25) is 0 Å². The molecule has 5 nitrogen and oxygen atoms in total. The molecule has 17 heavy (non-hydrogen) atoms. The fraction of sp³-hybridized carbons (Fsp3) is 0.417. The molecule has 0 saturated carbocycles. The lowest BCUT2D eigenvalue weighted by Gasteiger charge is -2.38. The van der Waals surface area contributed by atoms with Crippen LogP contribution in [0.4, 0.5) is 5.69 Å². The van der Waals surface area contributed by atoms with Gasteiger partial charge in [0.25, 0.3) is 0 Å². The molecular weight excluding hydrogens is 220 g/mol. The van der Waals surface area contributed by atoms with E-state index in [0.717, 1.165) is 13.1 Å². The topological polar surface area (TPSA) is 70.6 Å². The van der Waals surface area contributed by atoms with Crippen LogP contribution in [-0.2, 0) is 9.53 Å². The van der Waals surface area contributed by atoms with Gasteiger partial charge in [-0.1, -0.05) is 0 Å². The van der Waals surface area contributed by atoms with Gasteiger partial charge in [-0.2, -0.15) is 0 Å². The van der Waals surface area contributed by atoms with Gasteiger partial charge < -0.3 is 20.5 Å². The molecule has 5 heteroatoms. The van der Waals surface area contributed by atoms with E-state index in [1.54, 1.807) is 12.1 Å². The predicted molar refractivity (Wildman–Crippen MR) is 64.0 cm³/mol. The number of benzene rings is 1. The summed E-state index contributed by atoms with van der Waals surface area (Å²) in [6.45, 7) is 3.56. The molecule has 2 rings (SSSR count). The second-order valence-electron chi connectivity index (χ2n) is 4.44. The van der Waals surface area contributed by atoms with E-state index in [1.165, 1.54) is 12.1 Å². The molecule has 1 aromatic carbocycles. The highest BCUT2D eigenvalue weighted by Crippen LogP contribution is 2.16. The molecule has 0 aliphatic carbocycles. The second-order valence-corrected chi connectivity index (χ2v) is 4.44. The molecule has 1 aromatic rings. The number of phenols is 1. The Morgan fingerprint density at radius 3 is 2.65 bits per heavy atom. The lowest BCUT2D eigenvalue weighted by Crippen LogP contribution is -2.59. The molecule has 1 heterocycles. The van der Waals surface area contributed by atoms with Crippen molar-refractivity contribution in [1.82, 2.24) is 5.32 Å². The van der Waals surface area contributed by atoms with E-state index in [-0.39, 0.29) is 23.9 Å². The zero-order chi connectivity index (χ0) is 12.3. The van der Waals surface area contributed by atoms with Gasteiger partial charge >= 0.3 is 0 Å². The van der Waals surface area contributed by atoms with E-state index in [2.05, 4.69) is 10.6 Å². The third kappa shape index (κ3) is 3.18. The summed E-state index contributed by atoms with van der Waals surface area (Å²) in [4.78, 5) is 11.6. The second kappa shape index (κ2) is 4.73. The summed E-state index contributed by atoms with van der Waals surface area (Å²) in [5.41, 5.74) is 0.431. The van der Waals surface area contributed by atoms with Crippen molar-refractivity contribution in [1.29, 1.82) is 0 Å². The van der Waals surface area contributed by atoms with Crippen LogP contribution in [0.3, 0.4) is 0 Å². The van der Waals surface area contributed by atoms with Crippen LogP contribution in [0.15, 0.2) is 24.3 Å². The number of nitrogens with one attached hydrogen (secondary N) is 2. The number of phenolic OH excluding ortho intramolecular Hbond substituents is 1. The molecule has 0 bridgehead atoms. The Morgan fingerprint density at radius 2 is 2.12 bits per heavy atom. The van der Waals surface area contributed by atoms with E-state index in [4.69, 9.17) is 9.84 Å². The van der Waals surface area contributed by atoms with E-state index in [0.29, 0.717) is 5.69 Å². The molecule has 92 valence electrons. The van der Waals surface area contributed by atoms with Gasteiger partial charge in [0.2, 0.25) is 5.91 Å². The van der Waals surface area contributed by atoms with E-state index >= 15 is 0 Å². The number of hydrogen-bond acceptors (Lipinski definition) is 4. The third-order valence-electron chi connectivity index (χ3n) is 2.70. The van der Waals surface area contributed by atoms with Crippen molar-refractivity contribution in [2.75, 3.05) is 25.0 Å². The van der Waals surface area contributed by atoms with Gasteiger partial charge in [-0.3, -0.25) is 4.79 Å². The fourth-order valence-corrected chi connectivity index (χ4v) is 1.56. The minimum atomic E-state index is -0.216. The van der Waals surface area contributed by atoms with Gasteiger partial charge in [-0.25, -0.2) is 0 Å². The molecule has 1 saturated heterocycles. The molecule has 1 fully saturated rings. The summed E-state index contributed by atoms with van der Waals surface area (Å²) in [5.74, 6) is -0.0175. The zero-order valence-electron chi connectivity index (χ0n) is 9.69. The number of amides is 1. The maximum Gasteiger partial charge on any atom is 0.250 e. The molecule has 1 aliphatic rings. The van der Waals surface area contributed by atoms with Gasteiger partial charge in [0, 0.05) is 18.8 Å². The third-order valence-corrected chi connectivity index (χ3v) is 2.70. The van der Waals surface area contributed by atoms with Gasteiger partial charge in [0.1, 0.15) is 12.4 Å². The van der Waals surface area contributed by atoms with Crippen LogP contribution in [0.5, 0.6) is 5.75 Å². The van der Waals surface area contributed by atoms with Gasteiger partial charge in [0.05, 0.1) is 5.60 Å². The molecule has 1 amide bonds. The first-order valence-electron chi connectivity index (χ1n) is 5.51. The van der Waals surface area contributed by atoms with E-state index < -0.39 is 0 Å². The van der Waals surface area contributed by atoms with Crippen molar-refractivity contribution in [3.63, 3.8) is 0 Å². The van der Waals surface area contributed by atoms with Crippen LogP contribution < -0.4 is 10.6 Å². The maximum atomic E-state index is 11.6. The Balaban J connectivity index is 1.79. The number of aromatic hydroxyl groups is 1. The van der Waals surface area contributed by atoms with E-state index in [1.807, 2.05) is 6.92 Å². The number of hydrogen-bond donors (Lipinski definition) is 3. The Kier molecular flexibility index (Phi) is 3.31. The largest absolute Gasteiger partial charge is 0.508 e. The molecule has 1 aliphatic heterocycles. The fourth-order valence-electron chi connectivity index (χ4n) is 1.56. The maximum absolute atomic E-state index is 11.6. The van der Waals surface area contributed by atoms with Crippen LogP contribution in [0.25, 0.3) is 0 Å². The van der Waals surface area contributed by atoms with Crippen molar-refractivity contribution in [2.24, 2.45) is 0 Å². The summed E-state index contributed by atoms with van der Waals surface area (Å²) >= 11 is 0. The predicted octanol–water partition coefficient (Wildman–Crippen LogP) is 0.709. The molecule has 3 N–H and O–H groups in total. The van der Waals surface area contributed by atoms with Crippen molar-refractivity contribution >= 4 is 11.6 Å². The minimum absolute atomic E-state index is 0.0407. The highest BCUT2D eigenvalue weighted by molar-refractivity contribution is 5.91. The smallest absolute Gasteiger partial charge is 0.250 e. The van der Waals surface area contributed by atoms with Crippen LogP contribution in [0.1, 0.15) is 6.92 Å². The Morgan fingerprint density at radius 1 is 1.47 bits per heavy atom. The monoisotopic (exact) mass is 236 g/mol. The molecule has 0 spiro atoms. The molecule has 0 unspecified atom stereocenters. The normalized spacial score (nSPS) is 17.2. The number of carbonyl (C=O) groups excluding carboxylic acids is 1. The first-order chi connectivity index (χ1) is 8.07. The summed E-state index contributed by atoms with van der Waals surface area (Å²) in [7, 11) is 0. The Hall–Kier alpha value is -1.59. The Labute approximate surface area is 99.8 Å². The molecule has 0 atom stereocenters. The summed E-state index contributed by atoms with van der Waals surface area (Å²) < 4.78 is 5.50. The number of anilines is 1. The van der Waals surface area contributed by atoms with Gasteiger partial charge in [0.15, 0.2) is 0 Å². The van der Waals surface area contributed by atoms with Crippen molar-refractivity contribution in [2.45, 2.75) is 12.5 Å².